The normalized spacial score (nSPS) is 9.82. The predicted molar refractivity (Wildman–Crippen MR) is 64.7 cm³/mol. The summed E-state index contributed by atoms with van der Waals surface area (Å²) < 4.78 is 23.4. The maximum Gasteiger partial charge on any atom is 1.00 e. The van der Waals surface area contributed by atoms with Crippen LogP contribution in [0.2, 0.25) is 0 Å². The monoisotopic (exact) mass is 278 g/mol. The van der Waals surface area contributed by atoms with E-state index in [0.717, 1.165) is 19.3 Å². The summed E-state index contributed by atoms with van der Waals surface area (Å²) >= 11 is 0. The molecule has 0 fully saturated rings. The van der Waals surface area contributed by atoms with Gasteiger partial charge in [-0.2, -0.15) is 8.42 Å². The molecule has 0 heterocycles. The molecule has 0 aliphatic carbocycles. The van der Waals surface area contributed by atoms with E-state index >= 15 is 0 Å². The van der Waals surface area contributed by atoms with Crippen LogP contribution in [-0.2, 0) is 14.5 Å². The molecular weight excluding hydrogens is 255 g/mol. The van der Waals surface area contributed by atoms with Gasteiger partial charge in [0, 0.05) is 6.61 Å². The average molecular weight is 278 g/mol. The van der Waals surface area contributed by atoms with Gasteiger partial charge in [-0.1, -0.05) is 19.4 Å². The van der Waals surface area contributed by atoms with E-state index in [0.29, 0.717) is 13.0 Å². The second-order valence-electron chi connectivity index (χ2n) is 3.20. The second kappa shape index (κ2) is 16.6. The summed E-state index contributed by atoms with van der Waals surface area (Å²) in [5.41, 5.74) is 0. The Bertz CT molecular complexity index is 247. The number of allylic oxidation sites excluding steroid dienone is 1. The maximum absolute atomic E-state index is 10.1. The Kier molecular flexibility index (Phi) is 22.1. The van der Waals surface area contributed by atoms with E-state index in [1.165, 1.54) is 6.42 Å². The van der Waals surface area contributed by atoms with E-state index in [4.69, 9.17) is 10.4 Å². The predicted octanol–water partition coefficient (Wildman–Crippen LogP) is -0.943. The fourth-order valence-corrected chi connectivity index (χ4v) is 1.44. The van der Waals surface area contributed by atoms with Gasteiger partial charge < -0.3 is 6.53 Å². The SMILES string of the molecule is C=CCCCCCO.CCCS(=O)(=O)OO.[H-].[Na+]. The Morgan fingerprint density at radius 3 is 2.24 bits per heavy atom. The fraction of sp³-hybridized carbons (Fsp3) is 0.800. The van der Waals surface area contributed by atoms with Gasteiger partial charge in [0.2, 0.25) is 0 Å². The molecule has 0 spiro atoms. The van der Waals surface area contributed by atoms with Gasteiger partial charge in [-0.15, -0.1) is 10.9 Å². The molecule has 0 aliphatic heterocycles. The third kappa shape index (κ3) is 22.3. The van der Waals surface area contributed by atoms with Crippen LogP contribution in [-0.4, -0.2) is 31.1 Å². The molecule has 0 aromatic carbocycles. The third-order valence-corrected chi connectivity index (χ3v) is 2.77. The Balaban J connectivity index is -0.0000000980. The summed E-state index contributed by atoms with van der Waals surface area (Å²) in [6, 6.07) is 0. The summed E-state index contributed by atoms with van der Waals surface area (Å²) in [5, 5.41) is 16.0. The second-order valence-corrected chi connectivity index (χ2v) is 4.87. The van der Waals surface area contributed by atoms with Gasteiger partial charge in [0.1, 0.15) is 0 Å². The quantitative estimate of drug-likeness (QED) is 0.197. The van der Waals surface area contributed by atoms with Crippen molar-refractivity contribution < 1.29 is 54.1 Å². The minimum Gasteiger partial charge on any atom is -1.00 e. The molecule has 0 atom stereocenters. The smallest absolute Gasteiger partial charge is 1.00 e. The van der Waals surface area contributed by atoms with Crippen LogP contribution in [0.1, 0.15) is 40.5 Å². The number of rotatable bonds is 8. The van der Waals surface area contributed by atoms with Crippen molar-refractivity contribution in [2.45, 2.75) is 39.0 Å². The van der Waals surface area contributed by atoms with Gasteiger partial charge in [-0.25, -0.2) is 5.26 Å². The molecule has 0 aromatic rings. The van der Waals surface area contributed by atoms with Crippen molar-refractivity contribution >= 4 is 10.1 Å². The van der Waals surface area contributed by atoms with Crippen molar-refractivity contribution in [1.82, 2.24) is 0 Å². The van der Waals surface area contributed by atoms with E-state index in [-0.39, 0.29) is 36.7 Å². The van der Waals surface area contributed by atoms with Crippen molar-refractivity contribution in [3.05, 3.63) is 12.7 Å². The average Bonchev–Trinajstić information content (AvgIpc) is 2.26. The van der Waals surface area contributed by atoms with Crippen LogP contribution in [0.3, 0.4) is 0 Å². The van der Waals surface area contributed by atoms with E-state index in [2.05, 4.69) is 10.9 Å². The first kappa shape index (κ1) is 22.7. The first-order valence-corrected chi connectivity index (χ1v) is 6.89. The van der Waals surface area contributed by atoms with Crippen LogP contribution in [0.4, 0.5) is 0 Å². The number of aliphatic hydroxyl groups is 1. The molecule has 0 saturated carbocycles. The first-order valence-electron chi connectivity index (χ1n) is 5.31. The summed E-state index contributed by atoms with van der Waals surface area (Å²) in [5.74, 6) is -0.135. The maximum atomic E-state index is 10.1. The van der Waals surface area contributed by atoms with E-state index in [1.807, 2.05) is 6.08 Å². The van der Waals surface area contributed by atoms with E-state index in [9.17, 15) is 8.42 Å². The standard InChI is InChI=1S/C7H14O.C3H8O4S.Na.H/c1-2-3-4-5-6-7-8;1-2-3-8(5,6)7-4;;/h2,8H,1,3-7H2;4H,2-3H2,1H3;;/q;;+1;-1. The Morgan fingerprint density at radius 2 is 1.94 bits per heavy atom. The van der Waals surface area contributed by atoms with Gasteiger partial charge >= 0.3 is 29.6 Å². The van der Waals surface area contributed by atoms with Crippen LogP contribution in [0.25, 0.3) is 0 Å². The Morgan fingerprint density at radius 1 is 1.35 bits per heavy atom. The molecule has 0 unspecified atom stereocenters. The van der Waals surface area contributed by atoms with Crippen LogP contribution in [0.15, 0.2) is 12.7 Å². The van der Waals surface area contributed by atoms with Gasteiger partial charge in [0.25, 0.3) is 10.1 Å². The van der Waals surface area contributed by atoms with Crippen molar-refractivity contribution in [1.29, 1.82) is 0 Å². The van der Waals surface area contributed by atoms with Crippen molar-refractivity contribution in [3.63, 3.8) is 0 Å². The Labute approximate surface area is 128 Å². The van der Waals surface area contributed by atoms with Gasteiger partial charge in [0.05, 0.1) is 5.75 Å². The molecule has 0 radical (unpaired) electrons. The largest absolute Gasteiger partial charge is 1.00 e. The Hall–Kier alpha value is 0.570. The molecule has 0 rings (SSSR count). The number of hydrogen-bond acceptors (Lipinski definition) is 5. The number of unbranched alkanes of at least 4 members (excludes halogenated alkanes) is 3. The molecule has 0 bridgehead atoms. The van der Waals surface area contributed by atoms with Gasteiger partial charge in [-0.05, 0) is 25.7 Å². The van der Waals surface area contributed by atoms with E-state index in [1.54, 1.807) is 6.92 Å². The number of hydrogen-bond donors (Lipinski definition) is 2. The summed E-state index contributed by atoms with van der Waals surface area (Å²) in [6.07, 6.45) is 6.68. The molecule has 7 heteroatoms. The van der Waals surface area contributed by atoms with Crippen LogP contribution < -0.4 is 29.6 Å². The number of aliphatic hydroxyl groups excluding tert-OH is 1. The molecule has 0 aliphatic rings. The van der Waals surface area contributed by atoms with Crippen molar-refractivity contribution in [3.8, 4) is 0 Å². The van der Waals surface area contributed by atoms with E-state index < -0.39 is 10.1 Å². The minimum atomic E-state index is -3.61. The van der Waals surface area contributed by atoms with Crippen LogP contribution >= 0.6 is 0 Å². The van der Waals surface area contributed by atoms with Crippen molar-refractivity contribution in [2.75, 3.05) is 12.4 Å². The molecule has 5 nitrogen and oxygen atoms in total. The fourth-order valence-electron chi connectivity index (χ4n) is 0.865. The molecule has 0 amide bonds. The molecule has 0 saturated heterocycles. The van der Waals surface area contributed by atoms with Gasteiger partial charge in [-0.3, -0.25) is 0 Å². The summed E-state index contributed by atoms with van der Waals surface area (Å²) in [4.78, 5) is 0. The van der Waals surface area contributed by atoms with Crippen LogP contribution in [0.5, 0.6) is 0 Å². The molecule has 17 heavy (non-hydrogen) atoms. The zero-order chi connectivity index (χ0) is 12.9. The van der Waals surface area contributed by atoms with Gasteiger partial charge in [0.15, 0.2) is 0 Å². The van der Waals surface area contributed by atoms with Crippen molar-refractivity contribution in [2.24, 2.45) is 0 Å². The zero-order valence-corrected chi connectivity index (χ0v) is 13.6. The topological polar surface area (TPSA) is 83.8 Å². The minimum absolute atomic E-state index is 0. The van der Waals surface area contributed by atoms with Crippen LogP contribution in [0, 0.1) is 0 Å². The summed E-state index contributed by atoms with van der Waals surface area (Å²) in [6.45, 7) is 5.60. The zero-order valence-electron chi connectivity index (χ0n) is 11.8. The molecular formula is C10H23NaO5S. The summed E-state index contributed by atoms with van der Waals surface area (Å²) in [7, 11) is -3.61. The molecule has 2 N–H and O–H groups in total. The molecule has 0 aromatic heterocycles. The third-order valence-electron chi connectivity index (χ3n) is 1.63. The molecule has 100 valence electrons. The first-order chi connectivity index (χ1) is 7.54.